The van der Waals surface area contributed by atoms with Gasteiger partial charge in [-0.15, -0.1) is 0 Å². The zero-order chi connectivity index (χ0) is 21.7. The third-order valence-corrected chi connectivity index (χ3v) is 6.49. The smallest absolute Gasteiger partial charge is 0.163 e. The van der Waals surface area contributed by atoms with Gasteiger partial charge in [0, 0.05) is 18.0 Å². The molecular formula is C23H24ClNO6. The van der Waals surface area contributed by atoms with Crippen molar-refractivity contribution in [2.45, 2.75) is 43.5 Å². The number of rotatable bonds is 4. The summed E-state index contributed by atoms with van der Waals surface area (Å²) in [5.74, 6) is 0.922. The molecule has 0 aliphatic carbocycles. The lowest BCUT2D eigenvalue weighted by Crippen LogP contribution is -2.56. The van der Waals surface area contributed by atoms with E-state index in [1.165, 1.54) is 5.56 Å². The average molecular weight is 446 g/mol. The third-order valence-electron chi connectivity index (χ3n) is 6.18. The van der Waals surface area contributed by atoms with E-state index in [0.29, 0.717) is 18.1 Å². The highest BCUT2D eigenvalue weighted by molar-refractivity contribution is 6.35. The fourth-order valence-electron chi connectivity index (χ4n) is 4.57. The number of ether oxygens (including phenoxy) is 2. The molecule has 0 bridgehead atoms. The lowest BCUT2D eigenvalue weighted by molar-refractivity contribution is -0.250. The Morgan fingerprint density at radius 2 is 1.90 bits per heavy atom. The van der Waals surface area contributed by atoms with E-state index in [1.807, 2.05) is 36.5 Å². The monoisotopic (exact) mass is 445 g/mol. The SMILES string of the molecule is OC[C@H]1O[C@@H](n2cc(Cc3ccc4c(c3)CCO4)c3c(Cl)cccc32)[C@H](O)[C@@H](O)[C@@H]1O. The van der Waals surface area contributed by atoms with E-state index >= 15 is 0 Å². The molecule has 3 heterocycles. The molecule has 1 aromatic heterocycles. The molecule has 0 saturated carbocycles. The van der Waals surface area contributed by atoms with E-state index in [0.717, 1.165) is 34.2 Å². The minimum absolute atomic E-state index is 0.481. The maximum absolute atomic E-state index is 10.6. The first kappa shape index (κ1) is 20.8. The second-order valence-corrected chi connectivity index (χ2v) is 8.54. The second kappa shape index (κ2) is 8.09. The third kappa shape index (κ3) is 3.51. The molecule has 4 N–H and O–H groups in total. The van der Waals surface area contributed by atoms with E-state index < -0.39 is 37.3 Å². The first-order valence-corrected chi connectivity index (χ1v) is 10.7. The maximum atomic E-state index is 10.6. The van der Waals surface area contributed by atoms with Crippen LogP contribution in [0.25, 0.3) is 10.9 Å². The number of aromatic nitrogens is 1. The summed E-state index contributed by atoms with van der Waals surface area (Å²) in [5.41, 5.74) is 3.96. The van der Waals surface area contributed by atoms with Crippen LogP contribution < -0.4 is 4.74 Å². The van der Waals surface area contributed by atoms with Crippen LogP contribution >= 0.6 is 11.6 Å². The highest BCUT2D eigenvalue weighted by atomic mass is 35.5. The van der Waals surface area contributed by atoms with Gasteiger partial charge < -0.3 is 34.5 Å². The molecule has 2 aliphatic heterocycles. The Kier molecular flexibility index (Phi) is 5.42. The van der Waals surface area contributed by atoms with Crippen LogP contribution in [-0.2, 0) is 17.6 Å². The van der Waals surface area contributed by atoms with Gasteiger partial charge in [-0.2, -0.15) is 0 Å². The minimum Gasteiger partial charge on any atom is -0.493 e. The highest BCUT2D eigenvalue weighted by Gasteiger charge is 2.44. The fraction of sp³-hybridized carbons (Fsp3) is 0.391. The Morgan fingerprint density at radius 1 is 1.06 bits per heavy atom. The summed E-state index contributed by atoms with van der Waals surface area (Å²) in [6, 6.07) is 11.6. The van der Waals surface area contributed by atoms with E-state index in [-0.39, 0.29) is 0 Å². The summed E-state index contributed by atoms with van der Waals surface area (Å²) >= 11 is 6.55. The van der Waals surface area contributed by atoms with Gasteiger partial charge in [0.2, 0.25) is 0 Å². The Labute approximate surface area is 184 Å². The molecule has 2 aliphatic rings. The van der Waals surface area contributed by atoms with E-state index in [2.05, 4.69) is 6.07 Å². The predicted molar refractivity (Wildman–Crippen MR) is 114 cm³/mol. The van der Waals surface area contributed by atoms with Crippen molar-refractivity contribution in [3.8, 4) is 5.75 Å². The van der Waals surface area contributed by atoms with Crippen molar-refractivity contribution in [2.75, 3.05) is 13.2 Å². The van der Waals surface area contributed by atoms with Crippen LogP contribution in [0.4, 0.5) is 0 Å². The lowest BCUT2D eigenvalue weighted by Gasteiger charge is -2.40. The molecular weight excluding hydrogens is 422 g/mol. The van der Waals surface area contributed by atoms with Gasteiger partial charge in [-0.3, -0.25) is 0 Å². The van der Waals surface area contributed by atoms with Crippen LogP contribution in [0.2, 0.25) is 5.02 Å². The normalized spacial score (nSPS) is 28.0. The lowest BCUT2D eigenvalue weighted by atomic mass is 9.98. The number of benzene rings is 2. The minimum atomic E-state index is -1.45. The van der Waals surface area contributed by atoms with Gasteiger partial charge in [0.25, 0.3) is 0 Å². The molecule has 3 aromatic rings. The average Bonchev–Trinajstić information content (AvgIpc) is 3.38. The number of nitrogens with zero attached hydrogens (tertiary/aromatic N) is 1. The molecule has 164 valence electrons. The Morgan fingerprint density at radius 3 is 2.71 bits per heavy atom. The highest BCUT2D eigenvalue weighted by Crippen LogP contribution is 2.37. The summed E-state index contributed by atoms with van der Waals surface area (Å²) in [6.45, 7) is 0.215. The van der Waals surface area contributed by atoms with Crippen molar-refractivity contribution >= 4 is 22.5 Å². The number of fused-ring (bicyclic) bond motifs is 2. The Balaban J connectivity index is 1.57. The molecule has 0 unspecified atom stereocenters. The van der Waals surface area contributed by atoms with Gasteiger partial charge >= 0.3 is 0 Å². The summed E-state index contributed by atoms with van der Waals surface area (Å²) in [7, 11) is 0. The van der Waals surface area contributed by atoms with Gasteiger partial charge in [0.1, 0.15) is 30.2 Å². The number of halogens is 1. The maximum Gasteiger partial charge on any atom is 0.163 e. The molecule has 8 heteroatoms. The van der Waals surface area contributed by atoms with Crippen LogP contribution in [0.15, 0.2) is 42.6 Å². The molecule has 0 spiro atoms. The van der Waals surface area contributed by atoms with Crippen LogP contribution in [0.3, 0.4) is 0 Å². The van der Waals surface area contributed by atoms with Crippen LogP contribution in [-0.4, -0.2) is 62.6 Å². The van der Waals surface area contributed by atoms with Crippen LogP contribution in [0.5, 0.6) is 5.75 Å². The van der Waals surface area contributed by atoms with Crippen LogP contribution in [0.1, 0.15) is 22.9 Å². The first-order valence-electron chi connectivity index (χ1n) is 10.3. The molecule has 31 heavy (non-hydrogen) atoms. The van der Waals surface area contributed by atoms with Crippen molar-refractivity contribution in [2.24, 2.45) is 0 Å². The Hall–Kier alpha value is -2.13. The summed E-state index contributed by atoms with van der Waals surface area (Å²) in [4.78, 5) is 0. The summed E-state index contributed by atoms with van der Waals surface area (Å²) in [5, 5.41) is 41.9. The molecule has 5 rings (SSSR count). The molecule has 7 nitrogen and oxygen atoms in total. The quantitative estimate of drug-likeness (QED) is 0.488. The van der Waals surface area contributed by atoms with Gasteiger partial charge in [-0.25, -0.2) is 0 Å². The van der Waals surface area contributed by atoms with E-state index in [4.69, 9.17) is 21.1 Å². The van der Waals surface area contributed by atoms with Crippen molar-refractivity contribution in [3.05, 3.63) is 64.3 Å². The first-order chi connectivity index (χ1) is 15.0. The molecule has 1 saturated heterocycles. The van der Waals surface area contributed by atoms with Gasteiger partial charge in [0.05, 0.1) is 23.8 Å². The zero-order valence-corrected chi connectivity index (χ0v) is 17.4. The number of hydrogen-bond acceptors (Lipinski definition) is 6. The number of hydrogen-bond donors (Lipinski definition) is 4. The second-order valence-electron chi connectivity index (χ2n) is 8.13. The van der Waals surface area contributed by atoms with Gasteiger partial charge in [0.15, 0.2) is 6.23 Å². The molecule has 2 aromatic carbocycles. The summed E-state index contributed by atoms with van der Waals surface area (Å²) in [6.07, 6.45) is -2.86. The molecule has 0 radical (unpaired) electrons. The molecule has 0 amide bonds. The van der Waals surface area contributed by atoms with Gasteiger partial charge in [-0.05, 0) is 41.3 Å². The van der Waals surface area contributed by atoms with Crippen LogP contribution in [0, 0.1) is 0 Å². The predicted octanol–water partition coefficient (Wildman–Crippen LogP) is 1.79. The van der Waals surface area contributed by atoms with E-state index in [9.17, 15) is 20.4 Å². The zero-order valence-electron chi connectivity index (χ0n) is 16.7. The summed E-state index contributed by atoms with van der Waals surface area (Å²) < 4.78 is 13.1. The Bertz CT molecular complexity index is 1110. The van der Waals surface area contributed by atoms with Gasteiger partial charge in [-0.1, -0.05) is 29.8 Å². The standard InChI is InChI=1S/C23H24ClNO6/c24-15-2-1-3-16-19(15)14(9-12-4-5-17-13(8-12)6-7-30-17)10-25(16)23-22(29)21(28)20(27)18(11-26)31-23/h1-5,8,10,18,20-23,26-29H,6-7,9,11H2/t18-,20-,21+,22-,23-/m1/s1. The number of aliphatic hydroxyl groups excluding tert-OH is 4. The van der Waals surface area contributed by atoms with Crippen molar-refractivity contribution in [3.63, 3.8) is 0 Å². The fourth-order valence-corrected chi connectivity index (χ4v) is 4.86. The topological polar surface area (TPSA) is 104 Å². The molecule has 5 atom stereocenters. The largest absolute Gasteiger partial charge is 0.493 e. The van der Waals surface area contributed by atoms with E-state index in [1.54, 1.807) is 4.57 Å². The van der Waals surface area contributed by atoms with Crippen molar-refractivity contribution in [1.82, 2.24) is 4.57 Å². The van der Waals surface area contributed by atoms with Crippen molar-refractivity contribution in [1.29, 1.82) is 0 Å². The molecule has 1 fully saturated rings. The van der Waals surface area contributed by atoms with Crippen molar-refractivity contribution < 1.29 is 29.9 Å². The number of aliphatic hydroxyl groups is 4.